The smallest absolute Gasteiger partial charge is 0.310 e. The summed E-state index contributed by atoms with van der Waals surface area (Å²) in [6, 6.07) is 0. The molecule has 0 heterocycles. The zero-order valence-electron chi connectivity index (χ0n) is 49.5. The SMILES string of the molecule is CC/C=C\C/C=C\C/C=C\C/C=C\C/C=C\CC(=O)OC(COC(=O)CCCCCCC/C=C\CCCCC)COC(=O)CCCCCCCCCCCCCCCCCCCC/C=C\C/C=C\C/C=C\C/C=C\CC. The molecule has 0 fully saturated rings. The molecular formula is C70H116O6. The highest BCUT2D eigenvalue weighted by molar-refractivity contribution is 5.72. The molecule has 0 aliphatic carbocycles. The van der Waals surface area contributed by atoms with Crippen molar-refractivity contribution in [1.82, 2.24) is 0 Å². The Morgan fingerprint density at radius 3 is 0.882 bits per heavy atom. The average Bonchev–Trinajstić information content (AvgIpc) is 3.42. The zero-order chi connectivity index (χ0) is 55.0. The molecule has 6 heteroatoms. The fourth-order valence-electron chi connectivity index (χ4n) is 8.56. The van der Waals surface area contributed by atoms with E-state index in [1.54, 1.807) is 6.08 Å². The highest BCUT2D eigenvalue weighted by Crippen LogP contribution is 2.16. The highest BCUT2D eigenvalue weighted by atomic mass is 16.6. The van der Waals surface area contributed by atoms with E-state index >= 15 is 0 Å². The third kappa shape index (κ3) is 60.7. The van der Waals surface area contributed by atoms with E-state index in [4.69, 9.17) is 14.2 Å². The van der Waals surface area contributed by atoms with Crippen molar-refractivity contribution in [2.75, 3.05) is 13.2 Å². The van der Waals surface area contributed by atoms with Gasteiger partial charge in [-0.1, -0.05) is 277 Å². The van der Waals surface area contributed by atoms with Crippen molar-refractivity contribution in [2.45, 2.75) is 290 Å². The third-order valence-corrected chi connectivity index (χ3v) is 13.2. The predicted molar refractivity (Wildman–Crippen MR) is 330 cm³/mol. The van der Waals surface area contributed by atoms with Crippen LogP contribution >= 0.6 is 0 Å². The van der Waals surface area contributed by atoms with Crippen LogP contribution in [0.2, 0.25) is 0 Å². The van der Waals surface area contributed by atoms with Crippen LogP contribution in [0.4, 0.5) is 0 Å². The summed E-state index contributed by atoms with van der Waals surface area (Å²) in [5, 5.41) is 0. The minimum atomic E-state index is -0.837. The molecule has 76 heavy (non-hydrogen) atoms. The predicted octanol–water partition coefficient (Wildman–Crippen LogP) is 21.6. The number of carbonyl (C=O) groups excluding carboxylic acids is 3. The summed E-state index contributed by atoms with van der Waals surface area (Å²) >= 11 is 0. The molecule has 0 aromatic carbocycles. The second-order valence-corrected chi connectivity index (χ2v) is 20.6. The highest BCUT2D eigenvalue weighted by Gasteiger charge is 2.19. The normalized spacial score (nSPS) is 12.9. The molecule has 0 aliphatic heterocycles. The summed E-state index contributed by atoms with van der Waals surface area (Å²) in [6.45, 7) is 6.31. The lowest BCUT2D eigenvalue weighted by Crippen LogP contribution is -2.30. The molecule has 0 aromatic heterocycles. The molecule has 0 amide bonds. The number of allylic oxidation sites excluding steroid dienone is 19. The fourth-order valence-corrected chi connectivity index (χ4v) is 8.56. The van der Waals surface area contributed by atoms with Crippen molar-refractivity contribution < 1.29 is 28.6 Å². The van der Waals surface area contributed by atoms with Crippen LogP contribution in [0.15, 0.2) is 122 Å². The minimum Gasteiger partial charge on any atom is -0.462 e. The number of hydrogen-bond donors (Lipinski definition) is 0. The van der Waals surface area contributed by atoms with E-state index in [1.807, 2.05) is 6.08 Å². The van der Waals surface area contributed by atoms with Crippen LogP contribution < -0.4 is 0 Å². The van der Waals surface area contributed by atoms with E-state index in [-0.39, 0.29) is 31.6 Å². The van der Waals surface area contributed by atoms with Gasteiger partial charge in [0, 0.05) is 12.8 Å². The molecule has 0 saturated heterocycles. The minimum absolute atomic E-state index is 0.0937. The van der Waals surface area contributed by atoms with Crippen LogP contribution in [0, 0.1) is 0 Å². The number of carbonyl (C=O) groups is 3. The van der Waals surface area contributed by atoms with Crippen LogP contribution in [-0.2, 0) is 28.6 Å². The van der Waals surface area contributed by atoms with Gasteiger partial charge in [-0.15, -0.1) is 0 Å². The summed E-state index contributed by atoms with van der Waals surface area (Å²) < 4.78 is 16.8. The van der Waals surface area contributed by atoms with E-state index in [2.05, 4.69) is 130 Å². The van der Waals surface area contributed by atoms with E-state index in [0.717, 1.165) is 109 Å². The molecule has 0 aliphatic rings. The Morgan fingerprint density at radius 2 is 0.553 bits per heavy atom. The first-order valence-corrected chi connectivity index (χ1v) is 31.5. The van der Waals surface area contributed by atoms with Crippen molar-refractivity contribution in [3.63, 3.8) is 0 Å². The molecule has 1 atom stereocenters. The van der Waals surface area contributed by atoms with Gasteiger partial charge >= 0.3 is 17.9 Å². The first-order chi connectivity index (χ1) is 37.5. The molecule has 0 aromatic rings. The maximum absolute atomic E-state index is 12.8. The van der Waals surface area contributed by atoms with Gasteiger partial charge in [0.1, 0.15) is 13.2 Å². The number of hydrogen-bond acceptors (Lipinski definition) is 6. The molecule has 0 N–H and O–H groups in total. The molecule has 0 spiro atoms. The van der Waals surface area contributed by atoms with Gasteiger partial charge in [0.2, 0.25) is 0 Å². The van der Waals surface area contributed by atoms with Crippen LogP contribution in [0.1, 0.15) is 284 Å². The third-order valence-electron chi connectivity index (χ3n) is 13.2. The molecule has 0 rings (SSSR count). The number of unbranched alkanes of at least 4 members (excludes halogenated alkanes) is 26. The van der Waals surface area contributed by atoms with Crippen molar-refractivity contribution >= 4 is 17.9 Å². The standard InChI is InChI=1S/C70H116O6/c1-4-7-10-13-16-19-22-25-27-28-29-30-31-32-33-34-35-36-37-38-39-40-41-42-44-45-48-51-54-57-60-63-69(72)75-66-67(65-74-68(71)62-59-56-53-50-47-24-21-18-15-12-9-6-3)76-70(73)64-61-58-55-52-49-46-43-26-23-20-17-14-11-8-5-2/h7-8,10-11,16-21,25-27,29-30,43,49,52,58,61,67H,4-6,9,12-15,22-24,28,31-42,44-48,50-51,53-57,59-60,62-66H2,1-3H3/b10-7-,11-8-,19-16-,20-17-,21-18-,27-25-,30-29-,43-26-,52-49-,61-58-. The topological polar surface area (TPSA) is 78.9 Å². The Labute approximate surface area is 469 Å². The molecule has 6 nitrogen and oxygen atoms in total. The quantitative estimate of drug-likeness (QED) is 0.0261. The second kappa shape index (κ2) is 63.3. The maximum atomic E-state index is 12.8. The molecular weight excluding hydrogens is 937 g/mol. The lowest BCUT2D eigenvalue weighted by atomic mass is 10.0. The summed E-state index contributed by atoms with van der Waals surface area (Å²) in [4.78, 5) is 38.1. The largest absolute Gasteiger partial charge is 0.462 e. The number of ether oxygens (including phenoxy) is 3. The average molecular weight is 1050 g/mol. The second-order valence-electron chi connectivity index (χ2n) is 20.6. The van der Waals surface area contributed by atoms with Gasteiger partial charge in [0.15, 0.2) is 6.10 Å². The van der Waals surface area contributed by atoms with E-state index < -0.39 is 12.1 Å². The number of rotatable bonds is 56. The van der Waals surface area contributed by atoms with Gasteiger partial charge in [-0.3, -0.25) is 14.4 Å². The summed E-state index contributed by atoms with van der Waals surface area (Å²) in [6.07, 6.45) is 88.2. The van der Waals surface area contributed by atoms with Crippen molar-refractivity contribution in [3.05, 3.63) is 122 Å². The van der Waals surface area contributed by atoms with Gasteiger partial charge in [0.05, 0.1) is 6.42 Å². The van der Waals surface area contributed by atoms with Gasteiger partial charge < -0.3 is 14.2 Å². The van der Waals surface area contributed by atoms with Gasteiger partial charge in [-0.2, -0.15) is 0 Å². The monoisotopic (exact) mass is 1050 g/mol. The van der Waals surface area contributed by atoms with Crippen molar-refractivity contribution in [1.29, 1.82) is 0 Å². The first-order valence-electron chi connectivity index (χ1n) is 31.5. The van der Waals surface area contributed by atoms with Crippen LogP contribution in [0.3, 0.4) is 0 Å². The van der Waals surface area contributed by atoms with Crippen LogP contribution in [-0.4, -0.2) is 37.2 Å². The van der Waals surface area contributed by atoms with E-state index in [0.29, 0.717) is 12.8 Å². The molecule has 432 valence electrons. The number of esters is 3. The fraction of sp³-hybridized carbons (Fsp3) is 0.671. The van der Waals surface area contributed by atoms with Crippen molar-refractivity contribution in [2.24, 2.45) is 0 Å². The summed E-state index contributed by atoms with van der Waals surface area (Å²) in [5.41, 5.74) is 0. The van der Waals surface area contributed by atoms with Crippen molar-refractivity contribution in [3.8, 4) is 0 Å². The van der Waals surface area contributed by atoms with E-state index in [9.17, 15) is 14.4 Å². The molecule has 0 bridgehead atoms. The van der Waals surface area contributed by atoms with Crippen LogP contribution in [0.5, 0.6) is 0 Å². The van der Waals surface area contributed by atoms with Gasteiger partial charge in [-0.25, -0.2) is 0 Å². The zero-order valence-corrected chi connectivity index (χ0v) is 49.5. The Morgan fingerprint density at radius 1 is 0.289 bits per heavy atom. The summed E-state index contributed by atoms with van der Waals surface area (Å²) in [7, 11) is 0. The van der Waals surface area contributed by atoms with Gasteiger partial charge in [-0.05, 0) is 109 Å². The Kier molecular flexibility index (Phi) is 59.9. The van der Waals surface area contributed by atoms with Gasteiger partial charge in [0.25, 0.3) is 0 Å². The molecule has 0 radical (unpaired) electrons. The lowest BCUT2D eigenvalue weighted by Gasteiger charge is -2.18. The van der Waals surface area contributed by atoms with Crippen LogP contribution in [0.25, 0.3) is 0 Å². The van der Waals surface area contributed by atoms with E-state index in [1.165, 1.54) is 135 Å². The Hall–Kier alpha value is -4.19. The Balaban J connectivity index is 4.23. The lowest BCUT2D eigenvalue weighted by molar-refractivity contribution is -0.166. The summed E-state index contributed by atoms with van der Waals surface area (Å²) in [5.74, 6) is -1.06. The Bertz CT molecular complexity index is 1590. The molecule has 1 unspecified atom stereocenters. The first kappa shape index (κ1) is 71.8. The molecule has 0 saturated carbocycles. The maximum Gasteiger partial charge on any atom is 0.310 e.